The van der Waals surface area contributed by atoms with Gasteiger partial charge in [0.15, 0.2) is 0 Å². The molecule has 1 aromatic heterocycles. The Morgan fingerprint density at radius 1 is 1.29 bits per heavy atom. The summed E-state index contributed by atoms with van der Waals surface area (Å²) in [5.74, 6) is 6.53. The van der Waals surface area contributed by atoms with Crippen LogP contribution in [0.1, 0.15) is 52.3 Å². The fourth-order valence-electron chi connectivity index (χ4n) is 3.11. The summed E-state index contributed by atoms with van der Waals surface area (Å²) in [5.41, 5.74) is -0.298. The topological polar surface area (TPSA) is 68.9 Å². The van der Waals surface area contributed by atoms with Gasteiger partial charge in [-0.15, -0.1) is 0 Å². The standard InChI is InChI=1S/C18H28N4O2/c1-18(2,3)11-10-16(23)19-14-9-7-6-8-13(14)12-15-20-22(5)17(24)21(15)4/h13-14H,6-9,12H2,1-5H3,(H,19,23)/t13-,14-/m1/s1. The summed E-state index contributed by atoms with van der Waals surface area (Å²) < 4.78 is 2.95. The van der Waals surface area contributed by atoms with Crippen LogP contribution < -0.4 is 11.0 Å². The second-order valence-electron chi connectivity index (χ2n) is 7.71. The number of hydrogen-bond donors (Lipinski definition) is 1. The molecule has 1 fully saturated rings. The van der Waals surface area contributed by atoms with Crippen molar-refractivity contribution < 1.29 is 4.79 Å². The first-order chi connectivity index (χ1) is 11.2. The van der Waals surface area contributed by atoms with Crippen LogP contribution in [0.3, 0.4) is 0 Å². The molecule has 1 aliphatic rings. The van der Waals surface area contributed by atoms with Crippen LogP contribution in [0, 0.1) is 23.2 Å². The Bertz CT molecular complexity index is 712. The van der Waals surface area contributed by atoms with Gasteiger partial charge in [-0.3, -0.25) is 9.36 Å². The van der Waals surface area contributed by atoms with Crippen molar-refractivity contribution in [2.75, 3.05) is 0 Å². The van der Waals surface area contributed by atoms with Crippen molar-refractivity contribution >= 4 is 5.91 Å². The van der Waals surface area contributed by atoms with E-state index in [1.54, 1.807) is 18.7 Å². The number of aryl methyl sites for hydroxylation is 1. The van der Waals surface area contributed by atoms with Gasteiger partial charge in [-0.05, 0) is 45.5 Å². The molecule has 1 aliphatic carbocycles. The molecule has 24 heavy (non-hydrogen) atoms. The van der Waals surface area contributed by atoms with E-state index >= 15 is 0 Å². The molecule has 6 heteroatoms. The van der Waals surface area contributed by atoms with Crippen LogP contribution >= 0.6 is 0 Å². The zero-order chi connectivity index (χ0) is 17.9. The number of hydrogen-bond acceptors (Lipinski definition) is 3. The molecular formula is C18H28N4O2. The SMILES string of the molecule is Cn1nc(C[C@H]2CCCC[C@H]2NC(=O)C#CC(C)(C)C)n(C)c1=O. The molecule has 0 aliphatic heterocycles. The first kappa shape index (κ1) is 18.3. The van der Waals surface area contributed by atoms with Gasteiger partial charge in [-0.1, -0.05) is 18.8 Å². The predicted octanol–water partition coefficient (Wildman–Crippen LogP) is 1.39. The van der Waals surface area contributed by atoms with Crippen molar-refractivity contribution in [3.63, 3.8) is 0 Å². The molecule has 1 aromatic rings. The van der Waals surface area contributed by atoms with Crippen molar-refractivity contribution in [1.29, 1.82) is 0 Å². The van der Waals surface area contributed by atoms with Gasteiger partial charge in [0, 0.05) is 32.0 Å². The average molecular weight is 332 g/mol. The summed E-state index contributed by atoms with van der Waals surface area (Å²) in [5, 5.41) is 7.38. The van der Waals surface area contributed by atoms with E-state index in [0.717, 1.165) is 31.5 Å². The van der Waals surface area contributed by atoms with Crippen LogP contribution in [0.15, 0.2) is 4.79 Å². The summed E-state index contributed by atoms with van der Waals surface area (Å²) in [6, 6.07) is 0.0950. The molecule has 1 amide bonds. The maximum atomic E-state index is 12.1. The van der Waals surface area contributed by atoms with Crippen LogP contribution in [0.5, 0.6) is 0 Å². The van der Waals surface area contributed by atoms with E-state index in [0.29, 0.717) is 12.3 Å². The second kappa shape index (κ2) is 7.25. The number of rotatable bonds is 3. The molecule has 6 nitrogen and oxygen atoms in total. The fourth-order valence-corrected chi connectivity index (χ4v) is 3.11. The minimum absolute atomic E-state index is 0.0950. The Hall–Kier alpha value is -2.03. The lowest BCUT2D eigenvalue weighted by molar-refractivity contribution is -0.117. The minimum Gasteiger partial charge on any atom is -0.342 e. The van der Waals surface area contributed by atoms with Crippen LogP contribution in [0.2, 0.25) is 0 Å². The summed E-state index contributed by atoms with van der Waals surface area (Å²) in [7, 11) is 3.41. The third kappa shape index (κ3) is 4.73. The maximum Gasteiger partial charge on any atom is 0.345 e. The monoisotopic (exact) mass is 332 g/mol. The van der Waals surface area contributed by atoms with Crippen LogP contribution in [0.4, 0.5) is 0 Å². The van der Waals surface area contributed by atoms with Gasteiger partial charge >= 0.3 is 5.69 Å². The third-order valence-electron chi connectivity index (χ3n) is 4.44. The molecule has 0 aromatic carbocycles. The molecule has 0 spiro atoms. The van der Waals surface area contributed by atoms with E-state index in [1.165, 1.54) is 4.68 Å². The van der Waals surface area contributed by atoms with E-state index < -0.39 is 0 Å². The summed E-state index contributed by atoms with van der Waals surface area (Å²) in [6.45, 7) is 5.95. The molecule has 0 unspecified atom stereocenters. The van der Waals surface area contributed by atoms with Gasteiger partial charge in [0.2, 0.25) is 0 Å². The second-order valence-corrected chi connectivity index (χ2v) is 7.71. The predicted molar refractivity (Wildman–Crippen MR) is 93.3 cm³/mol. The molecule has 1 N–H and O–H groups in total. The zero-order valence-electron chi connectivity index (χ0n) is 15.3. The number of carbonyl (C=O) groups excluding carboxylic acids is 1. The molecule has 0 saturated heterocycles. The number of carbonyl (C=O) groups is 1. The van der Waals surface area contributed by atoms with Gasteiger partial charge in [0.1, 0.15) is 5.82 Å². The quantitative estimate of drug-likeness (QED) is 0.851. The molecule has 2 rings (SSSR count). The highest BCUT2D eigenvalue weighted by Gasteiger charge is 2.28. The van der Waals surface area contributed by atoms with Crippen molar-refractivity contribution in [2.45, 2.75) is 58.9 Å². The van der Waals surface area contributed by atoms with E-state index in [1.807, 2.05) is 20.8 Å². The van der Waals surface area contributed by atoms with Gasteiger partial charge in [-0.25, -0.2) is 9.48 Å². The van der Waals surface area contributed by atoms with Crippen molar-refractivity contribution in [3.8, 4) is 11.8 Å². The number of amides is 1. The minimum atomic E-state index is -0.211. The van der Waals surface area contributed by atoms with E-state index in [-0.39, 0.29) is 23.1 Å². The van der Waals surface area contributed by atoms with Gasteiger partial charge in [0.25, 0.3) is 5.91 Å². The van der Waals surface area contributed by atoms with E-state index in [2.05, 4.69) is 22.3 Å². The molecule has 1 saturated carbocycles. The summed E-state index contributed by atoms with van der Waals surface area (Å²) >= 11 is 0. The van der Waals surface area contributed by atoms with Crippen molar-refractivity contribution in [2.24, 2.45) is 25.4 Å². The molecule has 132 valence electrons. The fraction of sp³-hybridized carbons (Fsp3) is 0.722. The van der Waals surface area contributed by atoms with Gasteiger partial charge < -0.3 is 5.32 Å². The lowest BCUT2D eigenvalue weighted by Crippen LogP contribution is -2.42. The van der Waals surface area contributed by atoms with Gasteiger partial charge in [0.05, 0.1) is 0 Å². The Balaban J connectivity index is 2.07. The van der Waals surface area contributed by atoms with Crippen molar-refractivity contribution in [3.05, 3.63) is 16.3 Å². The number of aromatic nitrogens is 3. The Labute approximate surface area is 143 Å². The average Bonchev–Trinajstić information content (AvgIpc) is 2.74. The lowest BCUT2D eigenvalue weighted by Gasteiger charge is -2.31. The summed E-state index contributed by atoms with van der Waals surface area (Å²) in [4.78, 5) is 24.0. The summed E-state index contributed by atoms with van der Waals surface area (Å²) in [6.07, 6.45) is 4.93. The van der Waals surface area contributed by atoms with E-state index in [4.69, 9.17) is 0 Å². The zero-order valence-corrected chi connectivity index (χ0v) is 15.3. The van der Waals surface area contributed by atoms with Crippen molar-refractivity contribution in [1.82, 2.24) is 19.7 Å². The largest absolute Gasteiger partial charge is 0.345 e. The third-order valence-corrected chi connectivity index (χ3v) is 4.44. The first-order valence-corrected chi connectivity index (χ1v) is 8.60. The molecule has 2 atom stereocenters. The van der Waals surface area contributed by atoms with E-state index in [9.17, 15) is 9.59 Å². The van der Waals surface area contributed by atoms with Gasteiger partial charge in [-0.2, -0.15) is 5.10 Å². The molecular weight excluding hydrogens is 304 g/mol. The van der Waals surface area contributed by atoms with Crippen LogP contribution in [0.25, 0.3) is 0 Å². The normalized spacial score (nSPS) is 21.0. The Morgan fingerprint density at radius 3 is 2.54 bits per heavy atom. The Morgan fingerprint density at radius 2 is 1.96 bits per heavy atom. The smallest absolute Gasteiger partial charge is 0.342 e. The number of nitrogens with one attached hydrogen (secondary N) is 1. The maximum absolute atomic E-state index is 12.1. The first-order valence-electron chi connectivity index (χ1n) is 8.60. The molecule has 0 bridgehead atoms. The highest BCUT2D eigenvalue weighted by Crippen LogP contribution is 2.27. The molecule has 0 radical (unpaired) electrons. The van der Waals surface area contributed by atoms with Crippen LogP contribution in [-0.2, 0) is 25.3 Å². The van der Waals surface area contributed by atoms with Crippen LogP contribution in [-0.4, -0.2) is 26.3 Å². The highest BCUT2D eigenvalue weighted by molar-refractivity contribution is 5.93. The number of nitrogens with zero attached hydrogens (tertiary/aromatic N) is 3. The highest BCUT2D eigenvalue weighted by atomic mass is 16.2. The molecule has 1 heterocycles. The Kier molecular flexibility index (Phi) is 5.53. The lowest BCUT2D eigenvalue weighted by atomic mass is 9.82.